The Labute approximate surface area is 87.8 Å². The largest absolute Gasteiger partial charge is 0.469 e. The van der Waals surface area contributed by atoms with Gasteiger partial charge in [0.1, 0.15) is 11.5 Å². The highest BCUT2D eigenvalue weighted by Gasteiger charge is 2.06. The summed E-state index contributed by atoms with van der Waals surface area (Å²) in [4.78, 5) is 15.6. The molecule has 0 atom stereocenters. The van der Waals surface area contributed by atoms with Crippen molar-refractivity contribution < 1.29 is 9.21 Å². The van der Waals surface area contributed by atoms with Gasteiger partial charge >= 0.3 is 0 Å². The predicted molar refractivity (Wildman–Crippen MR) is 55.4 cm³/mol. The van der Waals surface area contributed by atoms with Crippen LogP contribution in [0.3, 0.4) is 0 Å². The molecule has 0 aliphatic heterocycles. The Kier molecular flexibility index (Phi) is 2.93. The Hall–Kier alpha value is -1.90. The molecule has 0 saturated heterocycles. The van der Waals surface area contributed by atoms with Crippen molar-refractivity contribution in [3.8, 4) is 0 Å². The van der Waals surface area contributed by atoms with Crippen molar-refractivity contribution in [2.45, 2.75) is 12.8 Å². The molecule has 3 heteroatoms. The summed E-state index contributed by atoms with van der Waals surface area (Å²) in [6, 6.07) is 7.32. The standard InChI is InChI=1S/C12H11NO2/c14-11(8-12-4-2-6-15-12)7-10-3-1-5-13-9-10/h1-6,9H,7-8H2. The minimum atomic E-state index is 0.137. The molecular weight excluding hydrogens is 190 g/mol. The predicted octanol–water partition coefficient (Wildman–Crippen LogP) is 2.03. The van der Waals surface area contributed by atoms with Crippen LogP contribution >= 0.6 is 0 Å². The molecule has 0 N–H and O–H groups in total. The lowest BCUT2D eigenvalue weighted by Gasteiger charge is -1.98. The van der Waals surface area contributed by atoms with Crippen LogP contribution in [0.2, 0.25) is 0 Å². The zero-order valence-electron chi connectivity index (χ0n) is 8.22. The first-order valence-electron chi connectivity index (χ1n) is 4.77. The highest BCUT2D eigenvalue weighted by atomic mass is 16.3. The van der Waals surface area contributed by atoms with Crippen LogP contribution < -0.4 is 0 Å². The van der Waals surface area contributed by atoms with Crippen molar-refractivity contribution in [2.75, 3.05) is 0 Å². The maximum absolute atomic E-state index is 11.6. The number of Topliss-reactive ketones (excluding diaryl/α,β-unsaturated/α-hetero) is 1. The first kappa shape index (κ1) is 9.65. The number of hydrogen-bond acceptors (Lipinski definition) is 3. The van der Waals surface area contributed by atoms with Crippen LogP contribution in [-0.4, -0.2) is 10.8 Å². The molecule has 0 saturated carbocycles. The summed E-state index contributed by atoms with van der Waals surface area (Å²) in [5.41, 5.74) is 0.939. The van der Waals surface area contributed by atoms with E-state index in [-0.39, 0.29) is 5.78 Å². The van der Waals surface area contributed by atoms with Crippen molar-refractivity contribution in [2.24, 2.45) is 0 Å². The van der Waals surface area contributed by atoms with Gasteiger partial charge in [0.25, 0.3) is 0 Å². The van der Waals surface area contributed by atoms with Gasteiger partial charge in [0.15, 0.2) is 0 Å². The molecule has 0 radical (unpaired) electrons. The molecule has 2 rings (SSSR count). The number of ketones is 1. The van der Waals surface area contributed by atoms with Gasteiger partial charge in [0.2, 0.25) is 0 Å². The van der Waals surface area contributed by atoms with E-state index in [9.17, 15) is 4.79 Å². The van der Waals surface area contributed by atoms with Gasteiger partial charge in [-0.05, 0) is 23.8 Å². The second-order valence-electron chi connectivity index (χ2n) is 3.33. The third-order valence-electron chi connectivity index (χ3n) is 2.08. The Morgan fingerprint density at radius 2 is 2.20 bits per heavy atom. The smallest absolute Gasteiger partial charge is 0.144 e. The number of nitrogens with zero attached hydrogens (tertiary/aromatic N) is 1. The number of furan rings is 1. The molecule has 76 valence electrons. The van der Waals surface area contributed by atoms with Gasteiger partial charge in [0, 0.05) is 18.8 Å². The van der Waals surface area contributed by atoms with Crippen molar-refractivity contribution in [1.82, 2.24) is 4.98 Å². The molecule has 2 heterocycles. The summed E-state index contributed by atoms with van der Waals surface area (Å²) in [5, 5.41) is 0. The fourth-order valence-corrected chi connectivity index (χ4v) is 1.40. The third kappa shape index (κ3) is 2.77. The molecule has 0 aliphatic rings. The second kappa shape index (κ2) is 4.55. The molecule has 3 nitrogen and oxygen atoms in total. The van der Waals surface area contributed by atoms with E-state index in [4.69, 9.17) is 4.42 Å². The second-order valence-corrected chi connectivity index (χ2v) is 3.33. The van der Waals surface area contributed by atoms with E-state index in [2.05, 4.69) is 4.98 Å². The fraction of sp³-hybridized carbons (Fsp3) is 0.167. The molecule has 0 spiro atoms. The Morgan fingerprint density at radius 1 is 1.27 bits per heavy atom. The Bertz CT molecular complexity index is 420. The molecule has 0 fully saturated rings. The number of pyridine rings is 1. The van der Waals surface area contributed by atoms with Crippen LogP contribution in [-0.2, 0) is 17.6 Å². The minimum absolute atomic E-state index is 0.137. The van der Waals surface area contributed by atoms with E-state index in [0.29, 0.717) is 18.6 Å². The SMILES string of the molecule is O=C(Cc1cccnc1)Cc1ccco1. The van der Waals surface area contributed by atoms with Gasteiger partial charge in [-0.25, -0.2) is 0 Å². The van der Waals surface area contributed by atoms with E-state index in [1.165, 1.54) is 0 Å². The maximum Gasteiger partial charge on any atom is 0.144 e. The van der Waals surface area contributed by atoms with Gasteiger partial charge < -0.3 is 4.42 Å². The lowest BCUT2D eigenvalue weighted by atomic mass is 10.1. The normalized spacial score (nSPS) is 10.1. The first-order chi connectivity index (χ1) is 7.34. The van der Waals surface area contributed by atoms with Gasteiger partial charge in [0.05, 0.1) is 12.7 Å². The summed E-state index contributed by atoms with van der Waals surface area (Å²) < 4.78 is 5.11. The van der Waals surface area contributed by atoms with Gasteiger partial charge in [-0.15, -0.1) is 0 Å². The number of carbonyl (C=O) groups excluding carboxylic acids is 1. The zero-order chi connectivity index (χ0) is 10.5. The lowest BCUT2D eigenvalue weighted by Crippen LogP contribution is -2.05. The highest BCUT2D eigenvalue weighted by molar-refractivity contribution is 5.82. The van der Waals surface area contributed by atoms with E-state index in [1.807, 2.05) is 12.1 Å². The molecule has 0 amide bonds. The van der Waals surface area contributed by atoms with Crippen LogP contribution in [0.1, 0.15) is 11.3 Å². The van der Waals surface area contributed by atoms with Crippen molar-refractivity contribution in [3.05, 3.63) is 54.2 Å². The zero-order valence-corrected chi connectivity index (χ0v) is 8.22. The number of aromatic nitrogens is 1. The molecule has 0 bridgehead atoms. The quantitative estimate of drug-likeness (QED) is 0.760. The fourth-order valence-electron chi connectivity index (χ4n) is 1.40. The maximum atomic E-state index is 11.6. The first-order valence-corrected chi connectivity index (χ1v) is 4.77. The van der Waals surface area contributed by atoms with Crippen LogP contribution in [0, 0.1) is 0 Å². The summed E-state index contributed by atoms with van der Waals surface area (Å²) in [6.07, 6.45) is 5.74. The molecule has 0 aliphatic carbocycles. The van der Waals surface area contributed by atoms with E-state index >= 15 is 0 Å². The molecule has 0 unspecified atom stereocenters. The van der Waals surface area contributed by atoms with Crippen LogP contribution in [0.4, 0.5) is 0 Å². The Morgan fingerprint density at radius 3 is 2.87 bits per heavy atom. The number of rotatable bonds is 4. The Balaban J connectivity index is 1.94. The number of carbonyl (C=O) groups is 1. The molecule has 0 aromatic carbocycles. The van der Waals surface area contributed by atoms with Crippen molar-refractivity contribution in [1.29, 1.82) is 0 Å². The molecule has 15 heavy (non-hydrogen) atoms. The van der Waals surface area contributed by atoms with Crippen molar-refractivity contribution >= 4 is 5.78 Å². The highest BCUT2D eigenvalue weighted by Crippen LogP contribution is 2.05. The van der Waals surface area contributed by atoms with Crippen molar-refractivity contribution in [3.63, 3.8) is 0 Å². The topological polar surface area (TPSA) is 43.1 Å². The molecule has 2 aromatic heterocycles. The third-order valence-corrected chi connectivity index (χ3v) is 2.08. The van der Waals surface area contributed by atoms with E-state index in [1.54, 1.807) is 30.8 Å². The van der Waals surface area contributed by atoms with E-state index < -0.39 is 0 Å². The van der Waals surface area contributed by atoms with Crippen LogP contribution in [0.5, 0.6) is 0 Å². The summed E-state index contributed by atoms with van der Waals surface area (Å²) in [7, 11) is 0. The van der Waals surface area contributed by atoms with Crippen LogP contribution in [0.25, 0.3) is 0 Å². The molecular formula is C12H11NO2. The summed E-state index contributed by atoms with van der Waals surface area (Å²) >= 11 is 0. The summed E-state index contributed by atoms with van der Waals surface area (Å²) in [6.45, 7) is 0. The lowest BCUT2D eigenvalue weighted by molar-refractivity contribution is -0.118. The average molecular weight is 201 g/mol. The minimum Gasteiger partial charge on any atom is -0.469 e. The molecule has 2 aromatic rings. The van der Waals surface area contributed by atoms with Gasteiger partial charge in [-0.2, -0.15) is 0 Å². The average Bonchev–Trinajstić information content (AvgIpc) is 2.71. The van der Waals surface area contributed by atoms with Crippen LogP contribution in [0.15, 0.2) is 47.3 Å². The van der Waals surface area contributed by atoms with Gasteiger partial charge in [-0.1, -0.05) is 6.07 Å². The monoisotopic (exact) mass is 201 g/mol. The van der Waals surface area contributed by atoms with E-state index in [0.717, 1.165) is 5.56 Å². The summed E-state index contributed by atoms with van der Waals surface area (Å²) in [5.74, 6) is 0.849. The van der Waals surface area contributed by atoms with Gasteiger partial charge in [-0.3, -0.25) is 9.78 Å². The number of hydrogen-bond donors (Lipinski definition) is 0.